The fourth-order valence-electron chi connectivity index (χ4n) is 0.780. The molecule has 6 N–H and O–H groups in total. The van der Waals surface area contributed by atoms with Gasteiger partial charge in [0.1, 0.15) is 6.04 Å². The highest BCUT2D eigenvalue weighted by atomic mass is 16.5. The van der Waals surface area contributed by atoms with Gasteiger partial charge in [0.05, 0.1) is 0 Å². The van der Waals surface area contributed by atoms with Gasteiger partial charge < -0.3 is 21.7 Å². The van der Waals surface area contributed by atoms with E-state index in [2.05, 4.69) is 24.6 Å². The Kier molecular flexibility index (Phi) is 3.00. The first-order valence-electron chi connectivity index (χ1n) is 3.78. The standard InChI is InChI=1S/C6H11N7O/c1-3(4-10-2-14-13-4)11-6(9)12-5(7)8/h2-3H,1H3,(H6,7,8,9,11,12). The van der Waals surface area contributed by atoms with Crippen LogP contribution >= 0.6 is 0 Å². The van der Waals surface area contributed by atoms with Crippen molar-refractivity contribution < 1.29 is 4.52 Å². The van der Waals surface area contributed by atoms with Gasteiger partial charge in [-0.25, -0.2) is 4.99 Å². The molecule has 1 aromatic heterocycles. The molecule has 0 saturated carbocycles. The second-order valence-electron chi connectivity index (χ2n) is 2.49. The summed E-state index contributed by atoms with van der Waals surface area (Å²) < 4.78 is 4.54. The summed E-state index contributed by atoms with van der Waals surface area (Å²) in [5, 5.41) is 3.59. The zero-order valence-electron chi connectivity index (χ0n) is 7.58. The van der Waals surface area contributed by atoms with E-state index in [4.69, 9.17) is 17.2 Å². The second kappa shape index (κ2) is 4.21. The Labute approximate surface area is 79.9 Å². The Morgan fingerprint density at radius 2 is 2.21 bits per heavy atom. The minimum absolute atomic E-state index is 0.0256. The number of aromatic nitrogens is 2. The van der Waals surface area contributed by atoms with E-state index in [1.165, 1.54) is 6.39 Å². The van der Waals surface area contributed by atoms with Gasteiger partial charge in [0.2, 0.25) is 12.4 Å². The summed E-state index contributed by atoms with van der Waals surface area (Å²) in [5.41, 5.74) is 15.6. The van der Waals surface area contributed by atoms with Gasteiger partial charge in [-0.3, -0.25) is 0 Å². The van der Waals surface area contributed by atoms with Gasteiger partial charge in [-0.15, -0.1) is 0 Å². The fraction of sp³-hybridized carbons (Fsp3) is 0.333. The van der Waals surface area contributed by atoms with E-state index in [0.29, 0.717) is 5.82 Å². The van der Waals surface area contributed by atoms with Crippen LogP contribution in [0, 0.1) is 0 Å². The van der Waals surface area contributed by atoms with Gasteiger partial charge in [0.25, 0.3) is 0 Å². The smallest absolute Gasteiger partial charge is 0.219 e. The molecular formula is C6H11N7O. The van der Waals surface area contributed by atoms with Gasteiger partial charge in [-0.2, -0.15) is 9.98 Å². The lowest BCUT2D eigenvalue weighted by Crippen LogP contribution is -2.26. The zero-order valence-corrected chi connectivity index (χ0v) is 7.58. The number of rotatable bonds is 2. The minimum atomic E-state index is -0.350. The molecule has 1 unspecified atom stereocenters. The van der Waals surface area contributed by atoms with Crippen molar-refractivity contribution in [1.82, 2.24) is 10.1 Å². The number of hydrogen-bond acceptors (Lipinski definition) is 4. The van der Waals surface area contributed by atoms with Crippen LogP contribution in [0.3, 0.4) is 0 Å². The highest BCUT2D eigenvalue weighted by Gasteiger charge is 2.08. The lowest BCUT2D eigenvalue weighted by Gasteiger charge is -1.99. The van der Waals surface area contributed by atoms with Crippen molar-refractivity contribution in [3.8, 4) is 0 Å². The Morgan fingerprint density at radius 3 is 2.71 bits per heavy atom. The van der Waals surface area contributed by atoms with Crippen LogP contribution in [0.15, 0.2) is 20.9 Å². The summed E-state index contributed by atoms with van der Waals surface area (Å²) in [6.45, 7) is 1.74. The highest BCUT2D eigenvalue weighted by molar-refractivity contribution is 5.92. The Balaban J connectivity index is 2.73. The van der Waals surface area contributed by atoms with Crippen LogP contribution in [0.25, 0.3) is 0 Å². The molecule has 0 aliphatic rings. The van der Waals surface area contributed by atoms with Gasteiger partial charge in [-0.1, -0.05) is 5.16 Å². The first-order chi connectivity index (χ1) is 6.59. The third-order valence-electron chi connectivity index (χ3n) is 1.32. The Hall–Kier alpha value is -2.12. The van der Waals surface area contributed by atoms with Crippen molar-refractivity contribution in [3.63, 3.8) is 0 Å². The van der Waals surface area contributed by atoms with Crippen LogP contribution in [0.5, 0.6) is 0 Å². The number of aliphatic imine (C=N–C) groups is 2. The molecule has 8 heteroatoms. The third kappa shape index (κ3) is 2.73. The first kappa shape index (κ1) is 9.96. The topological polar surface area (TPSA) is 142 Å². The molecule has 0 saturated heterocycles. The molecule has 0 radical (unpaired) electrons. The Morgan fingerprint density at radius 1 is 1.50 bits per heavy atom. The van der Waals surface area contributed by atoms with E-state index in [1.54, 1.807) is 6.92 Å². The summed E-state index contributed by atoms with van der Waals surface area (Å²) in [6, 6.07) is -0.350. The van der Waals surface area contributed by atoms with Gasteiger partial charge in [0.15, 0.2) is 11.8 Å². The molecule has 1 aromatic rings. The molecule has 0 aliphatic heterocycles. The molecule has 1 rings (SSSR count). The molecule has 0 spiro atoms. The van der Waals surface area contributed by atoms with Crippen molar-refractivity contribution in [3.05, 3.63) is 12.2 Å². The van der Waals surface area contributed by atoms with Crippen molar-refractivity contribution in [2.24, 2.45) is 27.2 Å². The summed E-state index contributed by atoms with van der Waals surface area (Å²) in [4.78, 5) is 11.3. The lowest BCUT2D eigenvalue weighted by atomic mass is 10.3. The normalized spacial score (nSPS) is 13.6. The van der Waals surface area contributed by atoms with Crippen molar-refractivity contribution in [1.29, 1.82) is 0 Å². The van der Waals surface area contributed by atoms with Crippen LogP contribution < -0.4 is 17.2 Å². The molecule has 76 valence electrons. The maximum absolute atomic E-state index is 5.40. The SMILES string of the molecule is CC(N=C(N)N=C(N)N)c1ncon1. The molecule has 1 heterocycles. The lowest BCUT2D eigenvalue weighted by molar-refractivity contribution is 0.406. The largest absolute Gasteiger partial charge is 0.370 e. The van der Waals surface area contributed by atoms with Crippen LogP contribution in [0.1, 0.15) is 18.8 Å². The predicted molar refractivity (Wildman–Crippen MR) is 50.1 cm³/mol. The van der Waals surface area contributed by atoms with Crippen molar-refractivity contribution >= 4 is 11.9 Å². The molecule has 0 fully saturated rings. The van der Waals surface area contributed by atoms with E-state index in [1.807, 2.05) is 0 Å². The van der Waals surface area contributed by atoms with Gasteiger partial charge >= 0.3 is 0 Å². The van der Waals surface area contributed by atoms with Crippen LogP contribution in [-0.4, -0.2) is 22.1 Å². The second-order valence-corrected chi connectivity index (χ2v) is 2.49. The monoisotopic (exact) mass is 197 g/mol. The summed E-state index contributed by atoms with van der Waals surface area (Å²) in [7, 11) is 0. The number of hydrogen-bond donors (Lipinski definition) is 3. The molecule has 14 heavy (non-hydrogen) atoms. The van der Waals surface area contributed by atoms with Crippen molar-refractivity contribution in [2.75, 3.05) is 0 Å². The minimum Gasteiger partial charge on any atom is -0.370 e. The highest BCUT2D eigenvalue weighted by Crippen LogP contribution is 2.10. The number of nitrogens with two attached hydrogens (primary N) is 3. The van der Waals surface area contributed by atoms with E-state index >= 15 is 0 Å². The zero-order chi connectivity index (χ0) is 10.6. The van der Waals surface area contributed by atoms with Gasteiger partial charge in [-0.05, 0) is 6.92 Å². The molecule has 0 bridgehead atoms. The average molecular weight is 197 g/mol. The predicted octanol–water partition coefficient (Wildman–Crippen LogP) is -1.28. The maximum Gasteiger partial charge on any atom is 0.219 e. The fourth-order valence-corrected chi connectivity index (χ4v) is 0.780. The molecule has 0 aromatic carbocycles. The van der Waals surface area contributed by atoms with E-state index in [9.17, 15) is 0 Å². The van der Waals surface area contributed by atoms with E-state index < -0.39 is 0 Å². The van der Waals surface area contributed by atoms with Crippen LogP contribution in [0.2, 0.25) is 0 Å². The molecule has 0 aliphatic carbocycles. The molecule has 1 atom stereocenters. The number of nitrogens with zero attached hydrogens (tertiary/aromatic N) is 4. The third-order valence-corrected chi connectivity index (χ3v) is 1.32. The first-order valence-corrected chi connectivity index (χ1v) is 3.78. The molecule has 0 amide bonds. The summed E-state index contributed by atoms with van der Waals surface area (Å²) in [6.07, 6.45) is 1.21. The molecule has 8 nitrogen and oxygen atoms in total. The maximum atomic E-state index is 5.40. The van der Waals surface area contributed by atoms with E-state index in [-0.39, 0.29) is 18.0 Å². The van der Waals surface area contributed by atoms with E-state index in [0.717, 1.165) is 0 Å². The van der Waals surface area contributed by atoms with Crippen molar-refractivity contribution in [2.45, 2.75) is 13.0 Å². The quantitative estimate of drug-likeness (QED) is 0.398. The Bertz CT molecular complexity index is 337. The average Bonchev–Trinajstić information content (AvgIpc) is 2.53. The summed E-state index contributed by atoms with van der Waals surface area (Å²) >= 11 is 0. The molecular weight excluding hydrogens is 186 g/mol. The number of guanidine groups is 2. The van der Waals surface area contributed by atoms with Crippen LogP contribution in [0.4, 0.5) is 0 Å². The summed E-state index contributed by atoms with van der Waals surface area (Å²) in [5.74, 6) is 0.243. The van der Waals surface area contributed by atoms with Gasteiger partial charge in [0, 0.05) is 0 Å². The van der Waals surface area contributed by atoms with Crippen LogP contribution in [-0.2, 0) is 0 Å².